The van der Waals surface area contributed by atoms with Gasteiger partial charge in [-0.05, 0) is 37.8 Å². The Hall–Kier alpha value is -2.98. The maximum absolute atomic E-state index is 10.8. The summed E-state index contributed by atoms with van der Waals surface area (Å²) in [6, 6.07) is 2.20. The summed E-state index contributed by atoms with van der Waals surface area (Å²) in [6.45, 7) is 9.32. The number of benzene rings is 2. The minimum Gasteiger partial charge on any atom is -0.493 e. The monoisotopic (exact) mass is 524 g/mol. The minimum atomic E-state index is -0.254. The molecule has 0 saturated carbocycles. The molecule has 1 fully saturated rings. The van der Waals surface area contributed by atoms with Crippen molar-refractivity contribution < 1.29 is 33.5 Å². The zero-order valence-electron chi connectivity index (χ0n) is 22.5. The van der Waals surface area contributed by atoms with Crippen LogP contribution in [0.3, 0.4) is 0 Å². The summed E-state index contributed by atoms with van der Waals surface area (Å²) < 4.78 is 35.4. The first kappa shape index (κ1) is 25.3. The van der Waals surface area contributed by atoms with Crippen LogP contribution in [0, 0.1) is 13.8 Å². The highest BCUT2D eigenvalue weighted by molar-refractivity contribution is 5.66. The Morgan fingerprint density at radius 3 is 2.66 bits per heavy atom. The number of hydrogen-bond donors (Lipinski definition) is 2. The summed E-state index contributed by atoms with van der Waals surface area (Å²) in [5, 5.41) is 14.7. The van der Waals surface area contributed by atoms with E-state index in [1.165, 1.54) is 5.56 Å². The maximum atomic E-state index is 10.8. The fourth-order valence-corrected chi connectivity index (χ4v) is 6.94. The van der Waals surface area contributed by atoms with Crippen LogP contribution in [0.5, 0.6) is 28.7 Å². The van der Waals surface area contributed by atoms with Crippen LogP contribution in [0.4, 0.5) is 0 Å². The van der Waals surface area contributed by atoms with Gasteiger partial charge in [0, 0.05) is 48.0 Å². The lowest BCUT2D eigenvalue weighted by Crippen LogP contribution is -2.63. The second kappa shape index (κ2) is 9.96. The lowest BCUT2D eigenvalue weighted by Gasteiger charge is -2.54. The van der Waals surface area contributed by atoms with Gasteiger partial charge in [0.2, 0.25) is 6.79 Å². The predicted molar refractivity (Wildman–Crippen MR) is 141 cm³/mol. The Labute approximate surface area is 223 Å². The average molecular weight is 525 g/mol. The molecule has 0 aromatic heterocycles. The molecule has 4 aliphatic heterocycles. The summed E-state index contributed by atoms with van der Waals surface area (Å²) in [4.78, 5) is 2.43. The van der Waals surface area contributed by atoms with Crippen LogP contribution in [0.25, 0.3) is 0 Å². The van der Waals surface area contributed by atoms with Crippen molar-refractivity contribution in [3.05, 3.63) is 52.1 Å². The fourth-order valence-electron chi connectivity index (χ4n) is 6.94. The van der Waals surface area contributed by atoms with Gasteiger partial charge in [0.25, 0.3) is 0 Å². The number of rotatable bonds is 8. The van der Waals surface area contributed by atoms with E-state index >= 15 is 0 Å². The molecule has 0 radical (unpaired) electrons. The lowest BCUT2D eigenvalue weighted by atomic mass is 9.75. The first-order chi connectivity index (χ1) is 18.5. The van der Waals surface area contributed by atoms with E-state index in [4.69, 9.17) is 28.4 Å². The second-order valence-corrected chi connectivity index (χ2v) is 10.4. The quantitative estimate of drug-likeness (QED) is 0.399. The van der Waals surface area contributed by atoms with E-state index in [1.807, 2.05) is 6.92 Å². The van der Waals surface area contributed by atoms with E-state index in [-0.39, 0.29) is 44.4 Å². The van der Waals surface area contributed by atoms with Gasteiger partial charge < -0.3 is 38.8 Å². The normalized spacial score (nSPS) is 24.8. The first-order valence-electron chi connectivity index (χ1n) is 13.2. The molecule has 1 saturated heterocycles. The van der Waals surface area contributed by atoms with Crippen LogP contribution in [0.2, 0.25) is 0 Å². The highest BCUT2D eigenvalue weighted by Crippen LogP contribution is 2.55. The molecule has 1 unspecified atom stereocenters. The summed E-state index contributed by atoms with van der Waals surface area (Å²) in [5.74, 6) is 3.67. The lowest BCUT2D eigenvalue weighted by molar-refractivity contribution is 0.00235. The molecule has 204 valence electrons. The fraction of sp³-hybridized carbons (Fsp3) is 0.517. The van der Waals surface area contributed by atoms with Gasteiger partial charge in [-0.25, -0.2) is 0 Å². The Morgan fingerprint density at radius 1 is 1.11 bits per heavy atom. The standard InChI is InChI=1S/C29H36N2O7/c1-6-7-35-26-16(3)27-29(38-14-37-27)23-19(26)10-20-24-22-17(9-18(30-24)11-31(20)21(23)12-32)8-15(2)25(34-5)28(22)36-13-33-4/h6,8,18,20-21,24,30,32H,1,7,9-14H2,2-5H3/t18-,20?,21-,24-/m0/s1. The third-order valence-electron chi connectivity index (χ3n) is 8.31. The summed E-state index contributed by atoms with van der Waals surface area (Å²) >= 11 is 0. The number of hydrogen-bond acceptors (Lipinski definition) is 9. The van der Waals surface area contributed by atoms with E-state index in [1.54, 1.807) is 20.3 Å². The third kappa shape index (κ3) is 3.75. The predicted octanol–water partition coefficient (Wildman–Crippen LogP) is 3.12. The van der Waals surface area contributed by atoms with Gasteiger partial charge in [-0.15, -0.1) is 0 Å². The largest absolute Gasteiger partial charge is 0.493 e. The molecular formula is C29H36N2O7. The molecule has 0 amide bonds. The van der Waals surface area contributed by atoms with Crippen molar-refractivity contribution in [3.8, 4) is 28.7 Å². The number of methoxy groups -OCH3 is 2. The first-order valence-corrected chi connectivity index (χ1v) is 13.2. The molecule has 0 aliphatic carbocycles. The Morgan fingerprint density at radius 2 is 1.92 bits per heavy atom. The molecule has 2 aromatic rings. The Bertz CT molecular complexity index is 1260. The molecule has 38 heavy (non-hydrogen) atoms. The molecule has 4 heterocycles. The highest BCUT2D eigenvalue weighted by atomic mass is 16.7. The van der Waals surface area contributed by atoms with Crippen LogP contribution in [0.1, 0.15) is 45.5 Å². The van der Waals surface area contributed by atoms with Crippen LogP contribution >= 0.6 is 0 Å². The van der Waals surface area contributed by atoms with E-state index in [0.29, 0.717) is 18.8 Å². The van der Waals surface area contributed by atoms with E-state index < -0.39 is 0 Å². The average Bonchev–Trinajstić information content (AvgIpc) is 3.41. The van der Waals surface area contributed by atoms with Crippen LogP contribution in [-0.4, -0.2) is 69.7 Å². The van der Waals surface area contributed by atoms with E-state index in [9.17, 15) is 5.11 Å². The van der Waals surface area contributed by atoms with E-state index in [2.05, 4.69) is 29.8 Å². The zero-order chi connectivity index (χ0) is 26.6. The van der Waals surface area contributed by atoms with Gasteiger partial charge in [-0.2, -0.15) is 0 Å². The van der Waals surface area contributed by atoms with Gasteiger partial charge in [0.15, 0.2) is 29.8 Å². The molecule has 0 spiro atoms. The molecule has 9 heteroatoms. The minimum absolute atomic E-state index is 0.0399. The van der Waals surface area contributed by atoms with Crippen molar-refractivity contribution >= 4 is 0 Å². The summed E-state index contributed by atoms with van der Waals surface area (Å²) in [6.07, 6.45) is 3.31. The molecule has 2 aromatic carbocycles. The number of ether oxygens (including phenoxy) is 6. The van der Waals surface area contributed by atoms with Crippen molar-refractivity contribution in [2.24, 2.45) is 0 Å². The number of aryl methyl sites for hydroxylation is 1. The Balaban J connectivity index is 1.52. The van der Waals surface area contributed by atoms with Gasteiger partial charge in [0.1, 0.15) is 12.4 Å². The molecule has 2 bridgehead atoms. The molecule has 4 atom stereocenters. The van der Waals surface area contributed by atoms with Gasteiger partial charge >= 0.3 is 0 Å². The SMILES string of the molecule is C=CCOc1c(C)c2c(c3c1CC1[C@@H]4N[C@@H](Cc5cc(C)c(OC)c(OCOC)c54)CN1[C@H]3CO)OCO2. The highest BCUT2D eigenvalue weighted by Gasteiger charge is 2.50. The maximum Gasteiger partial charge on any atom is 0.231 e. The smallest absolute Gasteiger partial charge is 0.231 e. The zero-order valence-corrected chi connectivity index (χ0v) is 22.5. The van der Waals surface area contributed by atoms with Crippen LogP contribution in [0.15, 0.2) is 18.7 Å². The third-order valence-corrected chi connectivity index (χ3v) is 8.31. The molecule has 4 aliphatic rings. The summed E-state index contributed by atoms with van der Waals surface area (Å²) in [5.41, 5.74) is 6.34. The number of nitrogens with one attached hydrogen (secondary N) is 1. The molecular weight excluding hydrogens is 488 g/mol. The van der Waals surface area contributed by atoms with Crippen molar-refractivity contribution in [1.82, 2.24) is 10.2 Å². The topological polar surface area (TPSA) is 90.9 Å². The van der Waals surface area contributed by atoms with Crippen LogP contribution in [-0.2, 0) is 17.6 Å². The van der Waals surface area contributed by atoms with E-state index in [0.717, 1.165) is 63.8 Å². The number of piperazine rings is 1. The summed E-state index contributed by atoms with van der Waals surface area (Å²) in [7, 11) is 3.29. The number of aliphatic hydroxyl groups excluding tert-OH is 1. The number of nitrogens with zero attached hydrogens (tertiary/aromatic N) is 1. The Kier molecular flexibility index (Phi) is 6.63. The molecule has 9 nitrogen and oxygen atoms in total. The van der Waals surface area contributed by atoms with Gasteiger partial charge in [-0.3, -0.25) is 4.90 Å². The second-order valence-electron chi connectivity index (χ2n) is 10.4. The molecule has 2 N–H and O–H groups in total. The van der Waals surface area contributed by atoms with Crippen molar-refractivity contribution in [1.29, 1.82) is 0 Å². The number of aliphatic hydroxyl groups is 1. The molecule has 6 rings (SSSR count). The van der Waals surface area contributed by atoms with Crippen molar-refractivity contribution in [2.75, 3.05) is 47.6 Å². The van der Waals surface area contributed by atoms with Gasteiger partial charge in [0.05, 0.1) is 25.8 Å². The number of fused-ring (bicyclic) bond motifs is 9. The van der Waals surface area contributed by atoms with Gasteiger partial charge in [-0.1, -0.05) is 18.7 Å². The van der Waals surface area contributed by atoms with Crippen LogP contribution < -0.4 is 29.0 Å². The van der Waals surface area contributed by atoms with Crippen molar-refractivity contribution in [2.45, 2.75) is 50.9 Å². The van der Waals surface area contributed by atoms with Crippen molar-refractivity contribution in [3.63, 3.8) is 0 Å².